The maximum absolute atomic E-state index is 12.2. The summed E-state index contributed by atoms with van der Waals surface area (Å²) in [5.41, 5.74) is 7.94. The Labute approximate surface area is 144 Å². The van der Waals surface area contributed by atoms with E-state index in [1.807, 2.05) is 0 Å². The van der Waals surface area contributed by atoms with Gasteiger partial charge in [-0.1, -0.05) is 6.07 Å². The number of hydrogen-bond acceptors (Lipinski definition) is 7. The van der Waals surface area contributed by atoms with Crippen molar-refractivity contribution in [2.45, 2.75) is 5.92 Å². The van der Waals surface area contributed by atoms with Gasteiger partial charge in [-0.15, -0.1) is 0 Å². The number of pyridine rings is 1. The Hall–Kier alpha value is -3.22. The fraction of sp³-hybridized carbons (Fsp3) is 0.222. The molecule has 0 aliphatic carbocycles. The number of methoxy groups -OCH3 is 2. The molecule has 7 nitrogen and oxygen atoms in total. The van der Waals surface area contributed by atoms with E-state index >= 15 is 0 Å². The molecule has 0 unspecified atom stereocenters. The van der Waals surface area contributed by atoms with Crippen molar-refractivity contribution < 1.29 is 24.1 Å². The SMILES string of the molecule is COc1cc(N)c([C@H](C2=C(O)COC2=O)c2cccnc2)c(OC)c1. The zero-order valence-electron chi connectivity index (χ0n) is 13.9. The Balaban J connectivity index is 2.27. The summed E-state index contributed by atoms with van der Waals surface area (Å²) < 4.78 is 15.7. The maximum atomic E-state index is 12.2. The van der Waals surface area contributed by atoms with Crippen LogP contribution in [0.1, 0.15) is 17.0 Å². The number of aromatic nitrogens is 1. The third-order valence-corrected chi connectivity index (χ3v) is 4.07. The van der Waals surface area contributed by atoms with E-state index in [9.17, 15) is 9.90 Å². The van der Waals surface area contributed by atoms with Crippen LogP contribution in [0.2, 0.25) is 0 Å². The van der Waals surface area contributed by atoms with Crippen LogP contribution >= 0.6 is 0 Å². The summed E-state index contributed by atoms with van der Waals surface area (Å²) >= 11 is 0. The zero-order chi connectivity index (χ0) is 18.0. The molecule has 1 atom stereocenters. The van der Waals surface area contributed by atoms with Crippen LogP contribution < -0.4 is 15.2 Å². The van der Waals surface area contributed by atoms with Gasteiger partial charge in [0.05, 0.1) is 25.7 Å². The smallest absolute Gasteiger partial charge is 0.338 e. The number of ether oxygens (including phenoxy) is 3. The first-order valence-corrected chi connectivity index (χ1v) is 7.57. The number of rotatable bonds is 5. The largest absolute Gasteiger partial charge is 0.508 e. The molecule has 0 spiro atoms. The Morgan fingerprint density at radius 2 is 2.12 bits per heavy atom. The summed E-state index contributed by atoms with van der Waals surface area (Å²) in [5.74, 6) is -0.440. The molecule has 7 heteroatoms. The molecule has 3 N–H and O–H groups in total. The van der Waals surface area contributed by atoms with Gasteiger partial charge < -0.3 is 25.1 Å². The average molecular weight is 342 g/mol. The van der Waals surface area contributed by atoms with E-state index in [-0.39, 0.29) is 17.9 Å². The highest BCUT2D eigenvalue weighted by Gasteiger charge is 2.36. The van der Waals surface area contributed by atoms with Gasteiger partial charge in [0.15, 0.2) is 0 Å². The molecule has 0 amide bonds. The first-order valence-electron chi connectivity index (χ1n) is 7.57. The predicted octanol–water partition coefficient (Wildman–Crippen LogP) is 2.18. The number of hydrogen-bond donors (Lipinski definition) is 2. The number of nitrogens with zero attached hydrogens (tertiary/aromatic N) is 1. The highest BCUT2D eigenvalue weighted by molar-refractivity contribution is 5.94. The summed E-state index contributed by atoms with van der Waals surface area (Å²) in [4.78, 5) is 16.3. The quantitative estimate of drug-likeness (QED) is 0.634. The summed E-state index contributed by atoms with van der Waals surface area (Å²) in [5, 5.41) is 10.2. The summed E-state index contributed by atoms with van der Waals surface area (Å²) in [6.07, 6.45) is 3.23. The van der Waals surface area contributed by atoms with E-state index < -0.39 is 11.9 Å². The van der Waals surface area contributed by atoms with Crippen LogP contribution in [-0.2, 0) is 9.53 Å². The number of carbonyl (C=O) groups excluding carboxylic acids is 1. The molecule has 0 fully saturated rings. The number of aliphatic hydroxyl groups is 1. The molecule has 25 heavy (non-hydrogen) atoms. The second kappa shape index (κ2) is 6.72. The molecule has 1 aliphatic heterocycles. The van der Waals surface area contributed by atoms with Gasteiger partial charge in [0, 0.05) is 35.8 Å². The zero-order valence-corrected chi connectivity index (χ0v) is 13.9. The summed E-state index contributed by atoms with van der Waals surface area (Å²) in [6.45, 7) is -0.163. The molecule has 1 aromatic heterocycles. The van der Waals surface area contributed by atoms with Crippen molar-refractivity contribution in [1.29, 1.82) is 0 Å². The second-order valence-corrected chi connectivity index (χ2v) is 5.49. The van der Waals surface area contributed by atoms with Crippen molar-refractivity contribution in [1.82, 2.24) is 4.98 Å². The highest BCUT2D eigenvalue weighted by atomic mass is 16.5. The lowest BCUT2D eigenvalue weighted by atomic mass is 9.83. The number of carbonyl (C=O) groups is 1. The molecule has 0 saturated heterocycles. The van der Waals surface area contributed by atoms with E-state index in [4.69, 9.17) is 19.9 Å². The molecule has 3 rings (SSSR count). The van der Waals surface area contributed by atoms with Crippen LogP contribution in [-0.4, -0.2) is 36.9 Å². The van der Waals surface area contributed by atoms with Crippen LogP contribution in [0.4, 0.5) is 5.69 Å². The van der Waals surface area contributed by atoms with Gasteiger partial charge in [-0.05, 0) is 11.6 Å². The summed E-state index contributed by atoms with van der Waals surface area (Å²) in [7, 11) is 3.02. The van der Waals surface area contributed by atoms with E-state index in [0.717, 1.165) is 0 Å². The van der Waals surface area contributed by atoms with Crippen molar-refractivity contribution in [2.75, 3.05) is 26.6 Å². The number of nitrogens with two attached hydrogens (primary N) is 1. The van der Waals surface area contributed by atoms with Crippen molar-refractivity contribution in [2.24, 2.45) is 0 Å². The molecule has 0 saturated carbocycles. The summed E-state index contributed by atoms with van der Waals surface area (Å²) in [6, 6.07) is 6.85. The Morgan fingerprint density at radius 3 is 2.68 bits per heavy atom. The third kappa shape index (κ3) is 2.96. The van der Waals surface area contributed by atoms with Crippen LogP contribution in [0.3, 0.4) is 0 Å². The second-order valence-electron chi connectivity index (χ2n) is 5.49. The monoisotopic (exact) mass is 342 g/mol. The lowest BCUT2D eigenvalue weighted by Crippen LogP contribution is -2.15. The van der Waals surface area contributed by atoms with E-state index in [1.54, 1.807) is 36.7 Å². The van der Waals surface area contributed by atoms with Crippen LogP contribution in [0, 0.1) is 0 Å². The number of aliphatic hydroxyl groups excluding tert-OH is 1. The number of anilines is 1. The molecule has 2 heterocycles. The number of benzene rings is 1. The van der Waals surface area contributed by atoms with Gasteiger partial charge >= 0.3 is 5.97 Å². The van der Waals surface area contributed by atoms with E-state index in [1.165, 1.54) is 14.2 Å². The van der Waals surface area contributed by atoms with Crippen LogP contribution in [0.25, 0.3) is 0 Å². The van der Waals surface area contributed by atoms with Gasteiger partial charge in [0.2, 0.25) is 0 Å². The first kappa shape index (κ1) is 16.6. The van der Waals surface area contributed by atoms with Gasteiger partial charge in [0.1, 0.15) is 23.9 Å². The first-order chi connectivity index (χ1) is 12.1. The minimum absolute atomic E-state index is 0.128. The van der Waals surface area contributed by atoms with Gasteiger partial charge in [-0.25, -0.2) is 4.79 Å². The lowest BCUT2D eigenvalue weighted by Gasteiger charge is -2.22. The Kier molecular flexibility index (Phi) is 4.47. The molecular formula is C18H18N2O5. The van der Waals surface area contributed by atoms with Gasteiger partial charge in [0.25, 0.3) is 0 Å². The molecule has 1 aromatic carbocycles. The topological polar surface area (TPSA) is 104 Å². The minimum atomic E-state index is -0.676. The van der Waals surface area contributed by atoms with Gasteiger partial charge in [-0.2, -0.15) is 0 Å². The normalized spacial score (nSPS) is 15.0. The van der Waals surface area contributed by atoms with Gasteiger partial charge in [-0.3, -0.25) is 4.98 Å². The third-order valence-electron chi connectivity index (χ3n) is 4.07. The van der Waals surface area contributed by atoms with E-state index in [0.29, 0.717) is 28.3 Å². The fourth-order valence-corrected chi connectivity index (χ4v) is 2.93. The lowest BCUT2D eigenvalue weighted by molar-refractivity contribution is -0.136. The minimum Gasteiger partial charge on any atom is -0.508 e. The van der Waals surface area contributed by atoms with Crippen molar-refractivity contribution in [3.63, 3.8) is 0 Å². The van der Waals surface area contributed by atoms with E-state index in [2.05, 4.69) is 4.98 Å². The fourth-order valence-electron chi connectivity index (χ4n) is 2.93. The van der Waals surface area contributed by atoms with Crippen LogP contribution in [0.15, 0.2) is 48.0 Å². The molecule has 2 aromatic rings. The number of nitrogen functional groups attached to an aromatic ring is 1. The number of esters is 1. The van der Waals surface area contributed by atoms with Crippen molar-refractivity contribution in [3.8, 4) is 11.5 Å². The molecule has 0 radical (unpaired) electrons. The molecule has 0 bridgehead atoms. The predicted molar refractivity (Wildman–Crippen MR) is 90.7 cm³/mol. The maximum Gasteiger partial charge on any atom is 0.338 e. The molecule has 130 valence electrons. The van der Waals surface area contributed by atoms with Crippen molar-refractivity contribution >= 4 is 11.7 Å². The van der Waals surface area contributed by atoms with Crippen molar-refractivity contribution in [3.05, 3.63) is 59.1 Å². The average Bonchev–Trinajstić information content (AvgIpc) is 2.96. The Bertz CT molecular complexity index is 833. The molecule has 1 aliphatic rings. The number of cyclic esters (lactones) is 1. The highest BCUT2D eigenvalue weighted by Crippen LogP contribution is 2.44. The molecular weight excluding hydrogens is 324 g/mol. The van der Waals surface area contributed by atoms with Crippen LogP contribution in [0.5, 0.6) is 11.5 Å². The Morgan fingerprint density at radius 1 is 1.32 bits per heavy atom. The standard InChI is InChI=1S/C18H18N2O5/c1-23-11-6-12(19)16(14(7-11)24-2)15(10-4-3-5-20-8-10)17-13(21)9-25-18(17)22/h3-8,15,21H,9,19H2,1-2H3/t15-/m1/s1.